The van der Waals surface area contributed by atoms with E-state index in [9.17, 15) is 4.79 Å². The molecule has 2 rings (SSSR count). The molecule has 116 valence electrons. The van der Waals surface area contributed by atoms with E-state index in [0.717, 1.165) is 16.8 Å². The molecule has 0 amide bonds. The van der Waals surface area contributed by atoms with Crippen LogP contribution >= 0.6 is 11.6 Å². The smallest absolute Gasteiger partial charge is 0.330 e. The van der Waals surface area contributed by atoms with Crippen molar-refractivity contribution in [3.05, 3.63) is 48.0 Å². The third-order valence-corrected chi connectivity index (χ3v) is 3.23. The number of hydrogen-bond acceptors (Lipinski definition) is 4. The van der Waals surface area contributed by atoms with Crippen LogP contribution in [0.3, 0.4) is 0 Å². The number of esters is 1. The zero-order chi connectivity index (χ0) is 15.9. The minimum Gasteiger partial charge on any atom is -0.493 e. The van der Waals surface area contributed by atoms with Crippen LogP contribution in [-0.4, -0.2) is 25.8 Å². The third-order valence-electron chi connectivity index (χ3n) is 2.95. The van der Waals surface area contributed by atoms with E-state index >= 15 is 0 Å². The lowest BCUT2D eigenvalue weighted by molar-refractivity contribution is -0.138. The Morgan fingerprint density at radius 1 is 1.23 bits per heavy atom. The second-order valence-corrected chi connectivity index (χ2v) is 4.79. The van der Waals surface area contributed by atoms with Gasteiger partial charge in [-0.3, -0.25) is 0 Å². The molecule has 0 aliphatic rings. The van der Waals surface area contributed by atoms with Gasteiger partial charge in [0.15, 0.2) is 0 Å². The van der Waals surface area contributed by atoms with Crippen molar-refractivity contribution in [2.24, 2.45) is 0 Å². The van der Waals surface area contributed by atoms with E-state index in [2.05, 4.69) is 6.58 Å². The average Bonchev–Trinajstić information content (AvgIpc) is 2.53. The Labute approximate surface area is 134 Å². The Hall–Kier alpha value is -2.20. The lowest BCUT2D eigenvalue weighted by Crippen LogP contribution is -2.10. The lowest BCUT2D eigenvalue weighted by atomic mass is 10.1. The SMILES string of the molecule is C=CC(=O)OCCOc1c(Cl)cc(OCC)c2ccccc12. The second kappa shape index (κ2) is 7.71. The molecule has 5 heteroatoms. The van der Waals surface area contributed by atoms with E-state index in [1.54, 1.807) is 6.07 Å². The van der Waals surface area contributed by atoms with Gasteiger partial charge in [-0.25, -0.2) is 4.79 Å². The maximum Gasteiger partial charge on any atom is 0.330 e. The molecule has 0 heterocycles. The van der Waals surface area contributed by atoms with Gasteiger partial charge < -0.3 is 14.2 Å². The van der Waals surface area contributed by atoms with Crippen LogP contribution in [0.4, 0.5) is 0 Å². The Morgan fingerprint density at radius 2 is 1.95 bits per heavy atom. The molecule has 0 aromatic heterocycles. The minimum atomic E-state index is -0.480. The van der Waals surface area contributed by atoms with Crippen LogP contribution in [0.5, 0.6) is 11.5 Å². The minimum absolute atomic E-state index is 0.128. The van der Waals surface area contributed by atoms with E-state index in [1.165, 1.54) is 0 Å². The molecule has 0 spiro atoms. The molecule has 2 aromatic carbocycles. The fourth-order valence-corrected chi connectivity index (χ4v) is 2.31. The van der Waals surface area contributed by atoms with Crippen LogP contribution in [0.1, 0.15) is 6.92 Å². The molecule has 0 saturated heterocycles. The lowest BCUT2D eigenvalue weighted by Gasteiger charge is -2.14. The molecule has 0 saturated carbocycles. The molecular formula is C17H17ClO4. The summed E-state index contributed by atoms with van der Waals surface area (Å²) < 4.78 is 16.2. The highest BCUT2D eigenvalue weighted by molar-refractivity contribution is 6.33. The second-order valence-electron chi connectivity index (χ2n) is 4.38. The molecule has 0 unspecified atom stereocenters. The standard InChI is InChI=1S/C17H17ClO4/c1-3-16(19)21-9-10-22-17-13-8-6-5-7-12(13)15(20-4-2)11-14(17)18/h3,5-8,11H,1,4,9-10H2,2H3. The monoisotopic (exact) mass is 320 g/mol. The number of rotatable bonds is 7. The maximum atomic E-state index is 11.0. The summed E-state index contributed by atoms with van der Waals surface area (Å²) in [4.78, 5) is 11.0. The van der Waals surface area contributed by atoms with Gasteiger partial charge >= 0.3 is 5.97 Å². The molecule has 0 N–H and O–H groups in total. The Kier molecular flexibility index (Phi) is 5.67. The summed E-state index contributed by atoms with van der Waals surface area (Å²) >= 11 is 6.28. The van der Waals surface area contributed by atoms with Gasteiger partial charge in [-0.05, 0) is 6.92 Å². The number of carbonyl (C=O) groups is 1. The molecule has 2 aromatic rings. The van der Waals surface area contributed by atoms with Crippen LogP contribution in [0.25, 0.3) is 10.8 Å². The van der Waals surface area contributed by atoms with E-state index < -0.39 is 5.97 Å². The van der Waals surface area contributed by atoms with E-state index in [4.69, 9.17) is 25.8 Å². The van der Waals surface area contributed by atoms with Crippen molar-refractivity contribution in [3.63, 3.8) is 0 Å². The molecule has 0 aliphatic heterocycles. The maximum absolute atomic E-state index is 11.0. The summed E-state index contributed by atoms with van der Waals surface area (Å²) in [6, 6.07) is 9.42. The average molecular weight is 321 g/mol. The van der Waals surface area contributed by atoms with Crippen molar-refractivity contribution >= 4 is 28.3 Å². The van der Waals surface area contributed by atoms with Crippen molar-refractivity contribution in [1.29, 1.82) is 0 Å². The van der Waals surface area contributed by atoms with Crippen molar-refractivity contribution in [3.8, 4) is 11.5 Å². The predicted molar refractivity (Wildman–Crippen MR) is 86.8 cm³/mol. The summed E-state index contributed by atoms with van der Waals surface area (Å²) in [5.41, 5.74) is 0. The van der Waals surface area contributed by atoms with E-state index in [0.29, 0.717) is 23.1 Å². The zero-order valence-corrected chi connectivity index (χ0v) is 13.1. The third kappa shape index (κ3) is 3.71. The molecule has 22 heavy (non-hydrogen) atoms. The van der Waals surface area contributed by atoms with Crippen molar-refractivity contribution < 1.29 is 19.0 Å². The number of halogens is 1. The number of hydrogen-bond donors (Lipinski definition) is 0. The van der Waals surface area contributed by atoms with Crippen molar-refractivity contribution in [2.45, 2.75) is 6.92 Å². The van der Waals surface area contributed by atoms with Crippen molar-refractivity contribution in [2.75, 3.05) is 19.8 Å². The van der Waals surface area contributed by atoms with Gasteiger partial charge in [0.2, 0.25) is 0 Å². The topological polar surface area (TPSA) is 44.8 Å². The van der Waals surface area contributed by atoms with Gasteiger partial charge in [0.05, 0.1) is 11.6 Å². The summed E-state index contributed by atoms with van der Waals surface area (Å²) in [6.45, 7) is 6.13. The van der Waals surface area contributed by atoms with Gasteiger partial charge in [0.25, 0.3) is 0 Å². The van der Waals surface area contributed by atoms with Gasteiger partial charge in [-0.1, -0.05) is 42.4 Å². The molecule has 0 radical (unpaired) electrons. The van der Waals surface area contributed by atoms with E-state index in [1.807, 2.05) is 31.2 Å². The highest BCUT2D eigenvalue weighted by Crippen LogP contribution is 2.39. The van der Waals surface area contributed by atoms with Gasteiger partial charge in [-0.15, -0.1) is 0 Å². The van der Waals surface area contributed by atoms with Gasteiger partial charge in [0, 0.05) is 22.9 Å². The Balaban J connectivity index is 2.22. The van der Waals surface area contributed by atoms with Gasteiger partial charge in [0.1, 0.15) is 24.7 Å². The van der Waals surface area contributed by atoms with Crippen LogP contribution < -0.4 is 9.47 Å². The fourth-order valence-electron chi connectivity index (χ4n) is 2.05. The molecule has 4 nitrogen and oxygen atoms in total. The van der Waals surface area contributed by atoms with Crippen molar-refractivity contribution in [1.82, 2.24) is 0 Å². The summed E-state index contributed by atoms with van der Waals surface area (Å²) in [6.07, 6.45) is 1.11. The summed E-state index contributed by atoms with van der Waals surface area (Å²) in [5.74, 6) is 0.787. The van der Waals surface area contributed by atoms with Crippen LogP contribution in [0, 0.1) is 0 Å². The molecule has 0 bridgehead atoms. The zero-order valence-electron chi connectivity index (χ0n) is 12.3. The van der Waals surface area contributed by atoms with E-state index in [-0.39, 0.29) is 13.2 Å². The summed E-state index contributed by atoms with van der Waals surface area (Å²) in [7, 11) is 0. The number of ether oxygens (including phenoxy) is 3. The van der Waals surface area contributed by atoms with Crippen LogP contribution in [0.15, 0.2) is 43.0 Å². The molecule has 0 aliphatic carbocycles. The van der Waals surface area contributed by atoms with Gasteiger partial charge in [-0.2, -0.15) is 0 Å². The predicted octanol–water partition coefficient (Wildman–Crippen LogP) is 4.00. The first-order chi connectivity index (χ1) is 10.7. The number of carbonyl (C=O) groups excluding carboxylic acids is 1. The number of benzene rings is 2. The Bertz CT molecular complexity index is 682. The highest BCUT2D eigenvalue weighted by atomic mass is 35.5. The quantitative estimate of drug-likeness (QED) is 0.439. The first-order valence-electron chi connectivity index (χ1n) is 6.93. The van der Waals surface area contributed by atoms with Crippen LogP contribution in [-0.2, 0) is 9.53 Å². The Morgan fingerprint density at radius 3 is 2.64 bits per heavy atom. The summed E-state index contributed by atoms with van der Waals surface area (Å²) in [5, 5.41) is 2.23. The normalized spacial score (nSPS) is 10.3. The first kappa shape index (κ1) is 16.2. The largest absolute Gasteiger partial charge is 0.493 e. The number of fused-ring (bicyclic) bond motifs is 1. The highest BCUT2D eigenvalue weighted by Gasteiger charge is 2.13. The van der Waals surface area contributed by atoms with Crippen LogP contribution in [0.2, 0.25) is 5.02 Å². The first-order valence-corrected chi connectivity index (χ1v) is 7.31. The molecule has 0 atom stereocenters. The fraction of sp³-hybridized carbons (Fsp3) is 0.235. The molecule has 0 fully saturated rings. The molecular weight excluding hydrogens is 304 g/mol.